The van der Waals surface area contributed by atoms with Crippen LogP contribution in [0.1, 0.15) is 104 Å². The van der Waals surface area contributed by atoms with Gasteiger partial charge in [-0.2, -0.15) is 0 Å². The van der Waals surface area contributed by atoms with E-state index in [0.29, 0.717) is 6.61 Å². The quantitative estimate of drug-likeness (QED) is 0.309. The van der Waals surface area contributed by atoms with E-state index >= 15 is 0 Å². The maximum atomic E-state index is 8.70. The normalized spacial score (nSPS) is 12.7. The maximum Gasteiger partial charge on any atom is 0.0494 e. The van der Waals surface area contributed by atoms with Crippen molar-refractivity contribution in [1.29, 1.82) is 0 Å². The fourth-order valence-electron chi connectivity index (χ4n) is 2.88. The summed E-state index contributed by atoms with van der Waals surface area (Å²) in [6.45, 7) is 6.85. The molecule has 0 amide bonds. The predicted octanol–water partition coefficient (Wildman–Crippen LogP) is 6.11. The third-order valence-electron chi connectivity index (χ3n) is 4.59. The van der Waals surface area contributed by atoms with Crippen molar-refractivity contribution in [3.8, 4) is 0 Å². The van der Waals surface area contributed by atoms with Gasteiger partial charge in [0.15, 0.2) is 0 Å². The van der Waals surface area contributed by atoms with Gasteiger partial charge >= 0.3 is 0 Å². The van der Waals surface area contributed by atoms with Gasteiger partial charge in [-0.05, 0) is 25.2 Å². The van der Waals surface area contributed by atoms with Crippen molar-refractivity contribution in [1.82, 2.24) is 0 Å². The average Bonchev–Trinajstić information content (AvgIpc) is 2.54. The number of hydrogen-bond acceptors (Lipinski definition) is 2. The van der Waals surface area contributed by atoms with Crippen molar-refractivity contribution in [2.75, 3.05) is 19.8 Å². The molecule has 0 saturated carbocycles. The van der Waals surface area contributed by atoms with Crippen LogP contribution in [0.25, 0.3) is 0 Å². The molecule has 0 radical (unpaired) electrons. The molecule has 0 bridgehead atoms. The minimum atomic E-state index is 0.361. The molecule has 0 aliphatic carbocycles. The Kier molecular flexibility index (Phi) is 18.9. The van der Waals surface area contributed by atoms with Gasteiger partial charge in [-0.15, -0.1) is 0 Å². The Morgan fingerprint density at radius 1 is 0.727 bits per heavy atom. The Bertz CT molecular complexity index is 194. The van der Waals surface area contributed by atoms with Crippen LogP contribution in [-0.4, -0.2) is 24.9 Å². The van der Waals surface area contributed by atoms with Gasteiger partial charge in [0.25, 0.3) is 0 Å². The Balaban J connectivity index is 3.13. The van der Waals surface area contributed by atoms with Gasteiger partial charge in [0.2, 0.25) is 0 Å². The van der Waals surface area contributed by atoms with Crippen LogP contribution >= 0.6 is 0 Å². The van der Waals surface area contributed by atoms with E-state index in [1.807, 2.05) is 0 Å². The molecule has 1 N–H and O–H groups in total. The van der Waals surface area contributed by atoms with Crippen molar-refractivity contribution >= 4 is 0 Å². The summed E-state index contributed by atoms with van der Waals surface area (Å²) >= 11 is 0. The van der Waals surface area contributed by atoms with E-state index < -0.39 is 0 Å². The molecule has 0 aromatic carbocycles. The lowest BCUT2D eigenvalue weighted by Crippen LogP contribution is -2.09. The second kappa shape index (κ2) is 19.0. The highest BCUT2D eigenvalue weighted by atomic mass is 16.5. The highest BCUT2D eigenvalue weighted by Crippen LogP contribution is 2.14. The summed E-state index contributed by atoms with van der Waals surface area (Å²) in [5.74, 6) is 0.783. The standard InChI is InChI=1S/C20H42O2/c1-3-5-16-20(4-2)19-22-18-15-13-11-9-7-6-8-10-12-14-17-21/h20-21H,3-19H2,1-2H3. The molecular weight excluding hydrogens is 272 g/mol. The molecule has 22 heavy (non-hydrogen) atoms. The number of aliphatic hydroxyl groups excluding tert-OH is 1. The average molecular weight is 315 g/mol. The van der Waals surface area contributed by atoms with Crippen LogP contribution < -0.4 is 0 Å². The topological polar surface area (TPSA) is 29.5 Å². The van der Waals surface area contributed by atoms with E-state index in [9.17, 15) is 0 Å². The smallest absolute Gasteiger partial charge is 0.0494 e. The summed E-state index contributed by atoms with van der Waals surface area (Å²) in [4.78, 5) is 0. The fourth-order valence-corrected chi connectivity index (χ4v) is 2.88. The molecule has 0 heterocycles. The van der Waals surface area contributed by atoms with Gasteiger partial charge < -0.3 is 9.84 Å². The fraction of sp³-hybridized carbons (Fsp3) is 1.00. The first-order chi connectivity index (χ1) is 10.8. The second-order valence-corrected chi connectivity index (χ2v) is 6.75. The largest absolute Gasteiger partial charge is 0.396 e. The van der Waals surface area contributed by atoms with E-state index in [0.717, 1.165) is 25.6 Å². The monoisotopic (exact) mass is 314 g/mol. The van der Waals surface area contributed by atoms with Crippen LogP contribution in [0.2, 0.25) is 0 Å². The van der Waals surface area contributed by atoms with Crippen LogP contribution in [0.3, 0.4) is 0 Å². The number of hydrogen-bond donors (Lipinski definition) is 1. The van der Waals surface area contributed by atoms with Gasteiger partial charge in [-0.1, -0.05) is 84.5 Å². The van der Waals surface area contributed by atoms with E-state index in [1.165, 1.54) is 83.5 Å². The summed E-state index contributed by atoms with van der Waals surface area (Å²) in [6.07, 6.45) is 18.2. The van der Waals surface area contributed by atoms with Crippen molar-refractivity contribution in [2.24, 2.45) is 5.92 Å². The molecule has 0 rings (SSSR count). The third kappa shape index (κ3) is 16.3. The highest BCUT2D eigenvalue weighted by Gasteiger charge is 2.05. The van der Waals surface area contributed by atoms with E-state index in [4.69, 9.17) is 9.84 Å². The van der Waals surface area contributed by atoms with Crippen LogP contribution in [0.5, 0.6) is 0 Å². The van der Waals surface area contributed by atoms with Crippen LogP contribution in [-0.2, 0) is 4.74 Å². The molecule has 1 unspecified atom stereocenters. The zero-order valence-electron chi connectivity index (χ0n) is 15.5. The Morgan fingerprint density at radius 2 is 1.27 bits per heavy atom. The number of aliphatic hydroxyl groups is 1. The van der Waals surface area contributed by atoms with Gasteiger partial charge in [-0.25, -0.2) is 0 Å². The molecule has 0 fully saturated rings. The van der Waals surface area contributed by atoms with Crippen LogP contribution in [0.15, 0.2) is 0 Å². The van der Waals surface area contributed by atoms with Crippen LogP contribution in [0.4, 0.5) is 0 Å². The molecule has 134 valence electrons. The predicted molar refractivity (Wildman–Crippen MR) is 97.4 cm³/mol. The Labute approximate surface area is 140 Å². The number of ether oxygens (including phenoxy) is 1. The Hall–Kier alpha value is -0.0800. The Morgan fingerprint density at radius 3 is 1.77 bits per heavy atom. The first kappa shape index (κ1) is 21.9. The highest BCUT2D eigenvalue weighted by molar-refractivity contribution is 4.56. The lowest BCUT2D eigenvalue weighted by atomic mass is 10.0. The SMILES string of the molecule is CCCCC(CC)COCCCCCCCCCCCCO. The molecule has 0 spiro atoms. The minimum absolute atomic E-state index is 0.361. The third-order valence-corrected chi connectivity index (χ3v) is 4.59. The molecule has 0 aliphatic rings. The lowest BCUT2D eigenvalue weighted by molar-refractivity contribution is 0.0908. The second-order valence-electron chi connectivity index (χ2n) is 6.75. The molecule has 0 saturated heterocycles. The lowest BCUT2D eigenvalue weighted by Gasteiger charge is -2.14. The van der Waals surface area contributed by atoms with E-state index in [1.54, 1.807) is 0 Å². The van der Waals surface area contributed by atoms with Crippen molar-refractivity contribution in [3.05, 3.63) is 0 Å². The summed E-state index contributed by atoms with van der Waals surface area (Å²) in [5.41, 5.74) is 0. The molecule has 0 aromatic rings. The maximum absolute atomic E-state index is 8.70. The molecule has 2 nitrogen and oxygen atoms in total. The molecule has 0 aliphatic heterocycles. The van der Waals surface area contributed by atoms with Gasteiger partial charge in [0, 0.05) is 19.8 Å². The molecule has 0 aromatic heterocycles. The van der Waals surface area contributed by atoms with Crippen molar-refractivity contribution in [3.63, 3.8) is 0 Å². The summed E-state index contributed by atoms with van der Waals surface area (Å²) in [6, 6.07) is 0. The number of rotatable bonds is 18. The first-order valence-electron chi connectivity index (χ1n) is 10.0. The summed E-state index contributed by atoms with van der Waals surface area (Å²) in [5, 5.41) is 8.70. The summed E-state index contributed by atoms with van der Waals surface area (Å²) < 4.78 is 5.85. The summed E-state index contributed by atoms with van der Waals surface area (Å²) in [7, 11) is 0. The van der Waals surface area contributed by atoms with Crippen molar-refractivity contribution in [2.45, 2.75) is 104 Å². The zero-order chi connectivity index (χ0) is 16.3. The molecule has 2 heteroatoms. The molecular formula is C20H42O2. The van der Waals surface area contributed by atoms with Crippen LogP contribution in [0, 0.1) is 5.92 Å². The van der Waals surface area contributed by atoms with Gasteiger partial charge in [0.05, 0.1) is 0 Å². The van der Waals surface area contributed by atoms with E-state index in [2.05, 4.69) is 13.8 Å². The van der Waals surface area contributed by atoms with Crippen molar-refractivity contribution < 1.29 is 9.84 Å². The number of unbranched alkanes of at least 4 members (excludes halogenated alkanes) is 10. The first-order valence-corrected chi connectivity index (χ1v) is 10.0. The van der Waals surface area contributed by atoms with Gasteiger partial charge in [-0.3, -0.25) is 0 Å². The van der Waals surface area contributed by atoms with E-state index in [-0.39, 0.29) is 0 Å². The van der Waals surface area contributed by atoms with Gasteiger partial charge in [0.1, 0.15) is 0 Å². The minimum Gasteiger partial charge on any atom is -0.396 e. The zero-order valence-corrected chi connectivity index (χ0v) is 15.5. The molecule has 1 atom stereocenters.